The molecule has 1 heterocycles. The lowest BCUT2D eigenvalue weighted by molar-refractivity contribution is -0.121. The number of fused-ring (bicyclic) bond motifs is 5. The number of amides is 2. The van der Waals surface area contributed by atoms with Crippen LogP contribution in [0.25, 0.3) is 4.85 Å². The van der Waals surface area contributed by atoms with Gasteiger partial charge in [0.15, 0.2) is 8.32 Å². The van der Waals surface area contributed by atoms with Crippen LogP contribution in [0.1, 0.15) is 221 Å². The molecule has 0 aromatic heterocycles. The Morgan fingerprint density at radius 2 is 1.46 bits per heavy atom. The summed E-state index contributed by atoms with van der Waals surface area (Å²) >= 11 is 0. The number of methoxy groups -OCH3 is 1. The Morgan fingerprint density at radius 1 is 0.798 bits per heavy atom. The predicted molar refractivity (Wildman–Crippen MR) is 397 cm³/mol. The molecule has 9 rings (SSSR count). The van der Waals surface area contributed by atoms with Crippen molar-refractivity contribution in [2.45, 2.75) is 260 Å². The number of ether oxygens (including phenoxy) is 4. The van der Waals surface area contributed by atoms with E-state index in [1.54, 1.807) is 7.11 Å². The molecule has 546 valence electrons. The highest BCUT2D eigenvalue weighted by molar-refractivity contribution is 7.44. The van der Waals surface area contributed by atoms with Gasteiger partial charge in [-0.2, -0.15) is 0 Å². The first-order chi connectivity index (χ1) is 46.6. The van der Waals surface area contributed by atoms with Gasteiger partial charge in [-0.05, 0) is 185 Å². The second-order valence-electron chi connectivity index (χ2n) is 32.0. The van der Waals surface area contributed by atoms with Gasteiger partial charge in [0.25, 0.3) is 8.53 Å². The van der Waals surface area contributed by atoms with E-state index in [1.165, 1.54) is 56.6 Å². The average molecular weight is 1400 g/mol. The number of hydrogen-bond donors (Lipinski definition) is 2. The summed E-state index contributed by atoms with van der Waals surface area (Å²) in [4.78, 5) is 30.4. The number of unbranched alkanes of at least 4 members (excludes halogenated alkanes) is 2. The number of alkyl carbamates (subject to hydrolysis) is 1. The fourth-order valence-corrected chi connectivity index (χ4v) is 20.4. The summed E-state index contributed by atoms with van der Waals surface area (Å²) in [7, 11) is -3.11. The van der Waals surface area contributed by atoms with Gasteiger partial charge in [-0.25, -0.2) is 24.8 Å². The van der Waals surface area contributed by atoms with Gasteiger partial charge in [0.1, 0.15) is 60.1 Å². The Labute approximate surface area is 596 Å². The minimum absolute atomic E-state index is 0. The number of allylic oxidation sites excluding steroid dienone is 1. The Hall–Kier alpha value is -5.08. The Morgan fingerprint density at radius 3 is 2.09 bits per heavy atom. The van der Waals surface area contributed by atoms with Crippen molar-refractivity contribution in [3.05, 3.63) is 160 Å². The van der Waals surface area contributed by atoms with Crippen LogP contribution in [0.15, 0.2) is 109 Å². The SMILES string of the molecule is C.[C-]#[N+]CCOP(OC1[C@@H](COC(c2ccccc2)(c2ccccc2)c2ccc(OC)cc2)O[C@@H](c2cc(CNC(=O)CCCCCNC(=O)O[C@H]3CC[C@@]4(C)C(=CCC5[C@@H]6CC[C@H]([C@H](C)CCCC(C)C)[C@@]6(C)CC[C@@H]54)C3)c(F)cc2F)[C@H]1O[Si](C)(C)C(C)(C)C)N(C(C)C)C(C)C. The number of halogens is 2. The lowest BCUT2D eigenvalue weighted by Gasteiger charge is -2.58. The van der Waals surface area contributed by atoms with Crippen LogP contribution in [0, 0.1) is 64.5 Å². The first-order valence-corrected chi connectivity index (χ1v) is 41.0. The molecule has 17 heteroatoms. The molecule has 0 bridgehead atoms. The molecule has 3 unspecified atom stereocenters. The number of hydrogen-bond acceptors (Lipinski definition) is 10. The van der Waals surface area contributed by atoms with Crippen molar-refractivity contribution >= 4 is 28.8 Å². The third-order valence-corrected chi connectivity index (χ3v) is 30.2. The number of benzene rings is 4. The highest BCUT2D eigenvalue weighted by atomic mass is 31.2. The standard InChI is InChI=1S/C81H117F2N4O9PSi.CH4/c1-54(2)27-26-28-57(7)67-40-41-68-65-39-36-62-50-64(42-44-79(62,11)69(65)43-45-80(67,68)12)93-77(89)85-46-25-19-24-33-73(88)86-52-58-49-66(71(83)51-70(58)82)74-76(96-98(15,16)78(8,9)10)75(95-97(92-48-47-84-13)87(55(3)4)56(5)6)72(94-74)53-91-81(59-29-20-17-21-30-59,60-31-22-18-23-32-60)61-34-37-63(90-14)38-35-61;/h17-18,20-23,29-32,34-38,49,51,54-57,64-65,67-69,72,74-76H,19,24-28,33,39-48,50,52-53H2,1-12,14-16H3,(H,85,89)(H,86,88);1H4/t57-,64+,65?,67-,68+,69+,72-,74+,75?,76-,79+,80-,97?;/m1./s1. The predicted octanol–water partition coefficient (Wildman–Crippen LogP) is 20.4. The Bertz CT molecular complexity index is 3260. The smallest absolute Gasteiger partial charge is 0.407 e. The first-order valence-electron chi connectivity index (χ1n) is 37.0. The zero-order chi connectivity index (χ0) is 70.7. The van der Waals surface area contributed by atoms with Gasteiger partial charge < -0.3 is 47.9 Å². The molecule has 1 aliphatic heterocycles. The van der Waals surface area contributed by atoms with E-state index >= 15 is 8.78 Å². The molecule has 2 amide bonds. The van der Waals surface area contributed by atoms with Crippen LogP contribution in [-0.2, 0) is 44.6 Å². The Kier molecular flexibility index (Phi) is 28.1. The molecule has 99 heavy (non-hydrogen) atoms. The second-order valence-corrected chi connectivity index (χ2v) is 38.2. The molecule has 4 fully saturated rings. The van der Waals surface area contributed by atoms with Crippen molar-refractivity contribution < 1.29 is 50.8 Å². The molecular formula is C82H121F2N4O9PSi. The van der Waals surface area contributed by atoms with Gasteiger partial charge >= 0.3 is 6.09 Å². The van der Waals surface area contributed by atoms with E-state index in [4.69, 9.17) is 39.0 Å². The fourth-order valence-electron chi connectivity index (χ4n) is 17.4. The summed E-state index contributed by atoms with van der Waals surface area (Å²) in [5.41, 5.74) is 3.52. The van der Waals surface area contributed by atoms with Crippen LogP contribution in [0.2, 0.25) is 18.1 Å². The van der Waals surface area contributed by atoms with Crippen molar-refractivity contribution in [3.63, 3.8) is 0 Å². The lowest BCUT2D eigenvalue weighted by Crippen LogP contribution is -2.51. The quantitative estimate of drug-likeness (QED) is 0.0122. The molecule has 13 nitrogen and oxygen atoms in total. The number of carbonyl (C=O) groups is 2. The van der Waals surface area contributed by atoms with Crippen LogP contribution >= 0.6 is 8.53 Å². The zero-order valence-electron chi connectivity index (χ0n) is 61.7. The van der Waals surface area contributed by atoms with E-state index in [9.17, 15) is 9.59 Å². The fraction of sp³-hybridized carbons (Fsp3) is 0.646. The van der Waals surface area contributed by atoms with Crippen LogP contribution in [0.5, 0.6) is 5.75 Å². The maximum absolute atomic E-state index is 17.1. The van der Waals surface area contributed by atoms with Crippen molar-refractivity contribution in [1.29, 1.82) is 0 Å². The summed E-state index contributed by atoms with van der Waals surface area (Å²) in [5, 5.41) is 5.55. The van der Waals surface area contributed by atoms with Crippen molar-refractivity contribution in [1.82, 2.24) is 15.3 Å². The maximum Gasteiger partial charge on any atom is 0.407 e. The molecule has 4 aliphatic carbocycles. The second kappa shape index (κ2) is 34.9. The average Bonchev–Trinajstić information content (AvgIpc) is 1.70. The maximum atomic E-state index is 17.1. The van der Waals surface area contributed by atoms with Crippen molar-refractivity contribution in [2.75, 3.05) is 33.4 Å². The van der Waals surface area contributed by atoms with E-state index in [-0.39, 0.29) is 91.9 Å². The van der Waals surface area contributed by atoms with Gasteiger partial charge in [-0.1, -0.05) is 173 Å². The van der Waals surface area contributed by atoms with Crippen LogP contribution < -0.4 is 15.4 Å². The first kappa shape index (κ1) is 79.6. The van der Waals surface area contributed by atoms with Crippen LogP contribution in [-0.4, -0.2) is 94.9 Å². The van der Waals surface area contributed by atoms with E-state index in [0.29, 0.717) is 42.9 Å². The zero-order valence-corrected chi connectivity index (χ0v) is 63.6. The van der Waals surface area contributed by atoms with Crippen molar-refractivity contribution in [3.8, 4) is 5.75 Å². The topological polar surface area (TPSA) is 130 Å². The molecule has 3 saturated carbocycles. The summed E-state index contributed by atoms with van der Waals surface area (Å²) in [6.07, 6.45) is 13.4. The lowest BCUT2D eigenvalue weighted by atomic mass is 9.47. The molecule has 5 aliphatic rings. The molecule has 4 aromatic carbocycles. The van der Waals surface area contributed by atoms with Gasteiger partial charge in [-0.3, -0.25) is 4.79 Å². The molecule has 1 saturated heterocycles. The number of carbonyl (C=O) groups excluding carboxylic acids is 2. The molecule has 13 atom stereocenters. The summed E-state index contributed by atoms with van der Waals surface area (Å²) in [5.74, 6) is 3.41. The molecule has 0 radical (unpaired) electrons. The molecular weight excluding hydrogens is 1280 g/mol. The normalized spacial score (nSPS) is 26.0. The molecule has 4 aromatic rings. The van der Waals surface area contributed by atoms with Crippen LogP contribution in [0.3, 0.4) is 0 Å². The minimum atomic E-state index is -2.81. The largest absolute Gasteiger partial charge is 0.497 e. The third kappa shape index (κ3) is 18.5. The summed E-state index contributed by atoms with van der Waals surface area (Å²) in [6.45, 7) is 39.3. The van der Waals surface area contributed by atoms with E-state index in [2.05, 4.69) is 122 Å². The van der Waals surface area contributed by atoms with Gasteiger partial charge in [0.2, 0.25) is 12.5 Å². The number of nitrogens with one attached hydrogen (secondary N) is 2. The van der Waals surface area contributed by atoms with Gasteiger partial charge in [-0.15, -0.1) is 0 Å². The molecule has 0 spiro atoms. The molecule has 2 N–H and O–H groups in total. The van der Waals surface area contributed by atoms with E-state index < -0.39 is 58.5 Å². The minimum Gasteiger partial charge on any atom is -0.497 e. The van der Waals surface area contributed by atoms with E-state index in [1.807, 2.05) is 84.9 Å². The van der Waals surface area contributed by atoms with Crippen LogP contribution in [0.4, 0.5) is 13.6 Å². The monoisotopic (exact) mass is 1400 g/mol. The Balaban J connectivity index is 0.0000125. The highest BCUT2D eigenvalue weighted by Crippen LogP contribution is 2.68. The summed E-state index contributed by atoms with van der Waals surface area (Å²) < 4.78 is 83.5. The summed E-state index contributed by atoms with van der Waals surface area (Å²) in [6, 6.07) is 29.9. The highest BCUT2D eigenvalue weighted by Gasteiger charge is 2.60. The number of nitrogens with zero attached hydrogens (tertiary/aromatic N) is 2. The number of rotatable bonds is 32. The van der Waals surface area contributed by atoms with E-state index in [0.717, 1.165) is 78.0 Å². The third-order valence-electron chi connectivity index (χ3n) is 23.6. The van der Waals surface area contributed by atoms with Gasteiger partial charge in [0.05, 0.1) is 13.7 Å². The van der Waals surface area contributed by atoms with Crippen molar-refractivity contribution in [2.24, 2.45) is 46.3 Å². The van der Waals surface area contributed by atoms with Gasteiger partial charge in [0, 0.05) is 55.2 Å².